The summed E-state index contributed by atoms with van der Waals surface area (Å²) < 4.78 is 5.89. The van der Waals surface area contributed by atoms with Gasteiger partial charge in [-0.05, 0) is 48.2 Å². The molecule has 3 aromatic heterocycles. The summed E-state index contributed by atoms with van der Waals surface area (Å²) in [7, 11) is 0. The van der Waals surface area contributed by atoms with Gasteiger partial charge in [0.05, 0.1) is 22.6 Å². The predicted molar refractivity (Wildman–Crippen MR) is 134 cm³/mol. The Labute approximate surface area is 196 Å². The minimum Gasteiger partial charge on any atom is -0.490 e. The van der Waals surface area contributed by atoms with Gasteiger partial charge >= 0.3 is 0 Å². The third-order valence-corrected chi connectivity index (χ3v) is 5.70. The first-order valence-corrected chi connectivity index (χ1v) is 11.3. The van der Waals surface area contributed by atoms with Crippen molar-refractivity contribution in [3.05, 3.63) is 71.3 Å². The minimum absolute atomic E-state index is 0.0231. The molecule has 0 saturated heterocycles. The number of H-pyrrole nitrogens is 2. The Morgan fingerprint density at radius 2 is 1.85 bits per heavy atom. The molecule has 2 aromatic carbocycles. The molecule has 4 N–H and O–H groups in total. The molecule has 0 spiro atoms. The molecule has 5 aromatic rings. The first kappa shape index (κ1) is 21.8. The molecule has 0 bridgehead atoms. The standard InChI is InChI=1S/C26H26N6O2/c1-15(2)9-18(27)14-34-19-10-17(12-28-13-19)16-7-8-23-21(11-16)24(32-31-23)25-29-22-6-4-3-5-20(22)26(33)30-25/h3-8,10-13,15,18H,9,14,27H2,1-2H3,(H,31,32)(H,29,30,33)/t18-/m0/s1. The van der Waals surface area contributed by atoms with E-state index in [-0.39, 0.29) is 11.6 Å². The SMILES string of the molecule is CC(C)C[C@H](N)COc1cncc(-c2ccc3[nH]nc(-c4nc(=O)c5ccccc5[nH]4)c3c2)c1. The highest BCUT2D eigenvalue weighted by atomic mass is 16.5. The Kier molecular flexibility index (Phi) is 5.81. The van der Waals surface area contributed by atoms with Gasteiger partial charge in [0.1, 0.15) is 18.1 Å². The Morgan fingerprint density at radius 3 is 2.71 bits per heavy atom. The van der Waals surface area contributed by atoms with E-state index in [9.17, 15) is 4.79 Å². The summed E-state index contributed by atoms with van der Waals surface area (Å²) >= 11 is 0. The van der Waals surface area contributed by atoms with Crippen LogP contribution in [0.3, 0.4) is 0 Å². The van der Waals surface area contributed by atoms with Crippen LogP contribution in [0.4, 0.5) is 0 Å². The molecule has 0 unspecified atom stereocenters. The van der Waals surface area contributed by atoms with Gasteiger partial charge in [0.15, 0.2) is 5.82 Å². The lowest BCUT2D eigenvalue weighted by molar-refractivity contribution is 0.270. The van der Waals surface area contributed by atoms with E-state index in [1.165, 1.54) is 0 Å². The van der Waals surface area contributed by atoms with Crippen molar-refractivity contribution < 1.29 is 4.74 Å². The number of aromatic amines is 2. The summed E-state index contributed by atoms with van der Waals surface area (Å²) in [6.45, 7) is 4.73. The predicted octanol–water partition coefficient (Wildman–Crippen LogP) is 4.28. The number of nitrogens with two attached hydrogens (primary N) is 1. The first-order valence-electron chi connectivity index (χ1n) is 11.3. The largest absolute Gasteiger partial charge is 0.490 e. The normalized spacial score (nSPS) is 12.5. The number of para-hydroxylation sites is 1. The number of hydrogen-bond acceptors (Lipinski definition) is 6. The van der Waals surface area contributed by atoms with Crippen LogP contribution in [0.15, 0.2) is 65.7 Å². The summed E-state index contributed by atoms with van der Waals surface area (Å²) in [5, 5.41) is 8.85. The lowest BCUT2D eigenvalue weighted by Crippen LogP contribution is -2.29. The van der Waals surface area contributed by atoms with Crippen molar-refractivity contribution in [3.63, 3.8) is 0 Å². The summed E-state index contributed by atoms with van der Waals surface area (Å²) in [5.41, 5.74) is 9.86. The van der Waals surface area contributed by atoms with Gasteiger partial charge in [-0.3, -0.25) is 14.9 Å². The highest BCUT2D eigenvalue weighted by Crippen LogP contribution is 2.30. The molecule has 5 rings (SSSR count). The number of fused-ring (bicyclic) bond motifs is 2. The van der Waals surface area contributed by atoms with Crippen molar-refractivity contribution in [3.8, 4) is 28.4 Å². The van der Waals surface area contributed by atoms with Gasteiger partial charge in [0.25, 0.3) is 5.56 Å². The molecule has 0 aliphatic heterocycles. The Bertz CT molecular complexity index is 1520. The fourth-order valence-corrected chi connectivity index (χ4v) is 4.11. The van der Waals surface area contributed by atoms with E-state index >= 15 is 0 Å². The van der Waals surface area contributed by atoms with Crippen molar-refractivity contribution in [1.82, 2.24) is 25.1 Å². The van der Waals surface area contributed by atoms with Gasteiger partial charge in [0.2, 0.25) is 0 Å². The van der Waals surface area contributed by atoms with Gasteiger partial charge in [-0.25, -0.2) is 0 Å². The average molecular weight is 455 g/mol. The molecule has 3 heterocycles. The number of rotatable bonds is 7. The highest BCUT2D eigenvalue weighted by Gasteiger charge is 2.14. The van der Waals surface area contributed by atoms with Gasteiger partial charge in [-0.15, -0.1) is 0 Å². The van der Waals surface area contributed by atoms with E-state index in [0.29, 0.717) is 35.2 Å². The second kappa shape index (κ2) is 9.07. The average Bonchev–Trinajstić information content (AvgIpc) is 3.26. The molecule has 0 aliphatic rings. The van der Waals surface area contributed by atoms with Crippen molar-refractivity contribution in [2.24, 2.45) is 11.7 Å². The molecule has 0 fully saturated rings. The zero-order valence-electron chi connectivity index (χ0n) is 19.1. The zero-order chi connectivity index (χ0) is 23.7. The van der Waals surface area contributed by atoms with Crippen molar-refractivity contribution in [1.29, 1.82) is 0 Å². The van der Waals surface area contributed by atoms with Crippen LogP contribution < -0.4 is 16.0 Å². The second-order valence-electron chi connectivity index (χ2n) is 8.88. The van der Waals surface area contributed by atoms with Crippen LogP contribution in [0.2, 0.25) is 0 Å². The maximum absolute atomic E-state index is 12.5. The molecule has 1 atom stereocenters. The van der Waals surface area contributed by atoms with Crippen LogP contribution in [0.25, 0.3) is 44.5 Å². The quantitative estimate of drug-likeness (QED) is 0.337. The molecule has 8 nitrogen and oxygen atoms in total. The third kappa shape index (κ3) is 4.40. The van der Waals surface area contributed by atoms with Crippen molar-refractivity contribution in [2.45, 2.75) is 26.3 Å². The number of nitrogens with zero attached hydrogens (tertiary/aromatic N) is 3. The molecule has 0 radical (unpaired) electrons. The smallest absolute Gasteiger partial charge is 0.281 e. The maximum atomic E-state index is 12.5. The van der Waals surface area contributed by atoms with E-state index in [2.05, 4.69) is 39.0 Å². The number of benzene rings is 2. The molecule has 8 heteroatoms. The summed E-state index contributed by atoms with van der Waals surface area (Å²) in [5.74, 6) is 1.61. The molecule has 34 heavy (non-hydrogen) atoms. The van der Waals surface area contributed by atoms with Crippen LogP contribution in [-0.4, -0.2) is 37.8 Å². The number of nitrogens with one attached hydrogen (secondary N) is 2. The fourth-order valence-electron chi connectivity index (χ4n) is 4.11. The van der Waals surface area contributed by atoms with Crippen LogP contribution in [0.5, 0.6) is 5.75 Å². The third-order valence-electron chi connectivity index (χ3n) is 5.70. The Hall–Kier alpha value is -4.04. The lowest BCUT2D eigenvalue weighted by Gasteiger charge is -2.15. The van der Waals surface area contributed by atoms with E-state index in [1.807, 2.05) is 42.5 Å². The van der Waals surface area contributed by atoms with Crippen LogP contribution in [-0.2, 0) is 0 Å². The van der Waals surface area contributed by atoms with Crippen molar-refractivity contribution >= 4 is 21.8 Å². The van der Waals surface area contributed by atoms with Gasteiger partial charge < -0.3 is 15.5 Å². The van der Waals surface area contributed by atoms with Crippen LogP contribution in [0, 0.1) is 5.92 Å². The number of hydrogen-bond donors (Lipinski definition) is 3. The fraction of sp³-hybridized carbons (Fsp3) is 0.231. The van der Waals surface area contributed by atoms with E-state index < -0.39 is 0 Å². The highest BCUT2D eigenvalue weighted by molar-refractivity contribution is 5.95. The topological polar surface area (TPSA) is 123 Å². The summed E-state index contributed by atoms with van der Waals surface area (Å²) in [6, 6.07) is 15.2. The van der Waals surface area contributed by atoms with Gasteiger partial charge in [-0.1, -0.05) is 32.0 Å². The zero-order valence-corrected chi connectivity index (χ0v) is 19.1. The molecular weight excluding hydrogens is 428 g/mol. The number of pyridine rings is 1. The maximum Gasteiger partial charge on any atom is 0.281 e. The first-order chi connectivity index (χ1) is 16.5. The molecule has 172 valence electrons. The molecular formula is C26H26N6O2. The second-order valence-corrected chi connectivity index (χ2v) is 8.88. The molecule has 0 aliphatic carbocycles. The van der Waals surface area contributed by atoms with E-state index in [4.69, 9.17) is 10.5 Å². The van der Waals surface area contributed by atoms with Crippen LogP contribution >= 0.6 is 0 Å². The number of ether oxygens (including phenoxy) is 1. The molecule has 0 amide bonds. The van der Waals surface area contributed by atoms with Crippen molar-refractivity contribution in [2.75, 3.05) is 6.61 Å². The number of aromatic nitrogens is 5. The monoisotopic (exact) mass is 454 g/mol. The Balaban J connectivity index is 1.48. The van der Waals surface area contributed by atoms with E-state index in [1.54, 1.807) is 18.5 Å². The Morgan fingerprint density at radius 1 is 1.00 bits per heavy atom. The van der Waals surface area contributed by atoms with Crippen LogP contribution in [0.1, 0.15) is 20.3 Å². The van der Waals surface area contributed by atoms with E-state index in [0.717, 1.165) is 34.0 Å². The lowest BCUT2D eigenvalue weighted by atomic mass is 10.0. The minimum atomic E-state index is -0.290. The van der Waals surface area contributed by atoms with Gasteiger partial charge in [-0.2, -0.15) is 10.1 Å². The summed E-state index contributed by atoms with van der Waals surface area (Å²) in [6.07, 6.45) is 4.38. The van der Waals surface area contributed by atoms with Gasteiger partial charge in [0, 0.05) is 23.2 Å². The molecule has 0 saturated carbocycles. The summed E-state index contributed by atoms with van der Waals surface area (Å²) in [4.78, 5) is 24.3.